The average molecular weight is 754 g/mol. The monoisotopic (exact) mass is 755 g/mol. The summed E-state index contributed by atoms with van der Waals surface area (Å²) in [6, 6.07) is 0.646. The van der Waals surface area contributed by atoms with Gasteiger partial charge < -0.3 is 0 Å². The molecule has 3 aliphatic heterocycles. The number of rotatable bonds is 8. The van der Waals surface area contributed by atoms with Crippen LogP contribution < -0.4 is 0 Å². The zero-order chi connectivity index (χ0) is 32.5. The van der Waals surface area contributed by atoms with Crippen LogP contribution >= 0.6 is 71.1 Å². The number of hydrogen-bond donors (Lipinski definition) is 7. The van der Waals surface area contributed by atoms with E-state index in [-0.39, 0.29) is 12.7 Å². The van der Waals surface area contributed by atoms with Crippen molar-refractivity contribution in [2.45, 2.75) is 24.5 Å². The van der Waals surface area contributed by atoms with Gasteiger partial charge in [-0.05, 0) is 0 Å². The van der Waals surface area contributed by atoms with E-state index in [9.17, 15) is 0 Å². The molecule has 0 aromatic rings. The van der Waals surface area contributed by atoms with Gasteiger partial charge in [0.1, 0.15) is 0 Å². The summed E-state index contributed by atoms with van der Waals surface area (Å²) in [6.07, 6.45) is 1.70. The van der Waals surface area contributed by atoms with E-state index in [0.717, 1.165) is 17.7 Å². The Morgan fingerprint density at radius 3 is 1.93 bits per heavy atom. The molecule has 0 aromatic carbocycles. The van der Waals surface area contributed by atoms with Gasteiger partial charge in [-0.1, -0.05) is 0 Å². The molecule has 0 aromatic heterocycles. The van der Waals surface area contributed by atoms with E-state index in [4.69, 9.17) is 58.9 Å². The first-order valence-corrected chi connectivity index (χ1v) is 27.7. The number of methoxy groups -OCH3 is 1. The van der Waals surface area contributed by atoms with Crippen LogP contribution in [0.4, 0.5) is 0 Å². The van der Waals surface area contributed by atoms with Gasteiger partial charge in [0.25, 0.3) is 0 Å². The minimum absolute atomic E-state index is 0.226. The van der Waals surface area contributed by atoms with Gasteiger partial charge in [-0.3, -0.25) is 0 Å². The number of nitrogens with one attached hydrogen (secondary N) is 7. The molecule has 0 spiro atoms. The minimum atomic E-state index is -1.24. The molecule has 11 atom stereocenters. The SMILES string of the molecule is [B][P+]1=NC[P+](=N)[B]CP(B=N)CP(B=N)CP(B=N)CP(B=N)CP(B=N)CP(B=N)C2(OC)CCC(CO2)ON([B]P)C1. The fourth-order valence-electron chi connectivity index (χ4n) is 4.25. The maximum atomic E-state index is 8.51. The van der Waals surface area contributed by atoms with Gasteiger partial charge in [0.15, 0.2) is 0 Å². The van der Waals surface area contributed by atoms with Crippen LogP contribution in [-0.2, 0) is 14.3 Å². The zero-order valence-electron chi connectivity index (χ0n) is 24.8. The average Bonchev–Trinajstić information content (AvgIpc) is 3.05. The number of hydroxylamine groups is 1. The first kappa shape index (κ1) is 42.6. The van der Waals surface area contributed by atoms with Crippen LogP contribution in [0.2, 0.25) is 0 Å². The summed E-state index contributed by atoms with van der Waals surface area (Å²) in [5.74, 6) is 3.52. The quantitative estimate of drug-likeness (QED) is 0.108. The Morgan fingerprint density at radius 2 is 1.48 bits per heavy atom. The number of hydrogen-bond acceptors (Lipinski definition) is 12. The van der Waals surface area contributed by atoms with Crippen molar-refractivity contribution in [3.63, 3.8) is 0 Å². The molecule has 7 N–H and O–H groups in total. The van der Waals surface area contributed by atoms with E-state index in [0.29, 0.717) is 43.3 Å². The van der Waals surface area contributed by atoms with E-state index in [1.165, 1.54) is 40.7 Å². The molecule has 4 radical (unpaired) electrons. The van der Waals surface area contributed by atoms with Gasteiger partial charge in [-0.25, -0.2) is 0 Å². The van der Waals surface area contributed by atoms with Crippen molar-refractivity contribution in [2.24, 2.45) is 4.74 Å². The molecule has 12 nitrogen and oxygen atoms in total. The Balaban J connectivity index is 2.32. The normalized spacial score (nSPS) is 35.4. The van der Waals surface area contributed by atoms with Crippen molar-refractivity contribution in [1.82, 2.24) is 4.97 Å². The molecule has 44 heavy (non-hydrogen) atoms. The fourth-order valence-corrected chi connectivity index (χ4v) is 27.5. The molecule has 3 heterocycles. The summed E-state index contributed by atoms with van der Waals surface area (Å²) in [5.41, 5.74) is -0.927. The molecule has 1 saturated heterocycles. The maximum absolute atomic E-state index is 8.51. The first-order chi connectivity index (χ1) is 21.2. The van der Waals surface area contributed by atoms with Crippen LogP contribution in [-0.4, -0.2) is 141 Å². The third kappa shape index (κ3) is 14.7. The molecule has 11 unspecified atom stereocenters. The molecule has 3 rings (SSSR count). The van der Waals surface area contributed by atoms with Gasteiger partial charge in [0.05, 0.1) is 0 Å². The van der Waals surface area contributed by atoms with Gasteiger partial charge in [-0.2, -0.15) is 0 Å². The van der Waals surface area contributed by atoms with E-state index < -0.39 is 67.5 Å². The van der Waals surface area contributed by atoms with Gasteiger partial charge in [-0.15, -0.1) is 0 Å². The summed E-state index contributed by atoms with van der Waals surface area (Å²) >= 11 is 0. The Hall–Kier alpha value is 2.43. The summed E-state index contributed by atoms with van der Waals surface area (Å²) in [6.45, 7) is 11.2. The third-order valence-electron chi connectivity index (χ3n) is 6.56. The predicted octanol–water partition coefficient (Wildman–Crippen LogP) is 6.58. The molecule has 3 aliphatic rings. The molecular weight excluding hydrogens is 718 g/mol. The van der Waals surface area contributed by atoms with Crippen molar-refractivity contribution in [3.8, 4) is 0 Å². The second-order valence-electron chi connectivity index (χ2n) is 9.65. The predicted molar refractivity (Wildman–Crippen MR) is 209 cm³/mol. The van der Waals surface area contributed by atoms with Crippen LogP contribution in [0.15, 0.2) is 4.74 Å². The van der Waals surface area contributed by atoms with Crippen LogP contribution in [0.25, 0.3) is 0 Å². The Bertz CT molecular complexity index is 1050. The van der Waals surface area contributed by atoms with Gasteiger partial charge in [0, 0.05) is 0 Å². The molecular formula is C14H35B9N9O3P9+2. The number of ether oxygens (including phenoxy) is 2. The molecule has 0 aliphatic carbocycles. The summed E-state index contributed by atoms with van der Waals surface area (Å²) < 4.78 is 16.8. The first-order valence-electron chi connectivity index (χ1n) is 13.4. The summed E-state index contributed by atoms with van der Waals surface area (Å²) in [7, 11) is 4.40. The second kappa shape index (κ2) is 23.8. The Kier molecular flexibility index (Phi) is 23.0. The van der Waals surface area contributed by atoms with Crippen LogP contribution in [0, 0.1) is 37.0 Å². The van der Waals surface area contributed by atoms with E-state index in [1.807, 2.05) is 7.00 Å². The number of nitrogens with zero attached hydrogens (tertiary/aromatic N) is 2. The van der Waals surface area contributed by atoms with Crippen LogP contribution in [0.3, 0.4) is 0 Å². The van der Waals surface area contributed by atoms with Gasteiger partial charge >= 0.3 is 281 Å². The van der Waals surface area contributed by atoms with Crippen LogP contribution in [0.5, 0.6) is 0 Å². The standard InChI is InChI=1S/C14H35B9N9O3P9/c1-33-14-3-2-13(4-34-14)35-32(23-36)7-43(15)31-6-44(30)16-5-37(17-24)8-38(18-25)9-39(19-26)10-40(20-27)11-41(21-28)12-42(14)22-29/h13,24-30H,2-12,36H2,1H3/q+2. The van der Waals surface area contributed by atoms with Crippen molar-refractivity contribution in [3.05, 3.63) is 0 Å². The van der Waals surface area contributed by atoms with Crippen molar-refractivity contribution in [1.29, 1.82) is 37.0 Å². The van der Waals surface area contributed by atoms with Crippen LogP contribution in [0.1, 0.15) is 12.8 Å². The zero-order valence-corrected chi connectivity index (χ0v) is 33.1. The Morgan fingerprint density at radius 1 is 0.932 bits per heavy atom. The third-order valence-corrected chi connectivity index (χ3v) is 28.0. The molecule has 224 valence electrons. The van der Waals surface area contributed by atoms with Crippen molar-refractivity contribution >= 4 is 134 Å². The molecule has 0 saturated carbocycles. The van der Waals surface area contributed by atoms with Gasteiger partial charge in [0.2, 0.25) is 0 Å². The summed E-state index contributed by atoms with van der Waals surface area (Å²) in [5, 5.41) is 57.4. The molecule has 2 bridgehead atoms. The molecule has 0 amide bonds. The van der Waals surface area contributed by atoms with E-state index >= 15 is 0 Å². The topological polar surface area (TPSA) is 210 Å². The fraction of sp³-hybridized carbons (Fsp3) is 1.00. The summed E-state index contributed by atoms with van der Waals surface area (Å²) in [4.78, 5) is 7.82. The van der Waals surface area contributed by atoms with E-state index in [2.05, 4.69) is 13.9 Å². The van der Waals surface area contributed by atoms with Crippen molar-refractivity contribution in [2.75, 3.05) is 61.9 Å². The molecule has 1 fully saturated rings. The van der Waals surface area contributed by atoms with E-state index in [1.54, 1.807) is 19.2 Å². The van der Waals surface area contributed by atoms with Crippen molar-refractivity contribution < 1.29 is 14.3 Å². The Labute approximate surface area is 279 Å². The second-order valence-corrected chi connectivity index (χ2v) is 28.1. The molecule has 30 heteroatoms. The number of fused-ring (bicyclic) bond motifs is 20.